The number of fused-ring (bicyclic) bond motifs is 7. The van der Waals surface area contributed by atoms with Crippen molar-refractivity contribution in [2.45, 2.75) is 44.1 Å². The van der Waals surface area contributed by atoms with Crippen LogP contribution in [0.2, 0.25) is 0 Å². The molecule has 7 aromatic rings. The Kier molecular flexibility index (Phi) is 6.98. The number of nitrogens with zero attached hydrogens (tertiary/aromatic N) is 4. The van der Waals surface area contributed by atoms with Gasteiger partial charge in [0.15, 0.2) is 0 Å². The highest BCUT2D eigenvalue weighted by atomic mass is 15.2. The summed E-state index contributed by atoms with van der Waals surface area (Å²) in [6, 6.07) is 62.7. The summed E-state index contributed by atoms with van der Waals surface area (Å²) in [6.45, 7) is 5.09. The van der Waals surface area contributed by atoms with Gasteiger partial charge in [0.25, 0.3) is 6.71 Å². The van der Waals surface area contributed by atoms with Crippen molar-refractivity contribution in [2.24, 2.45) is 0 Å². The van der Waals surface area contributed by atoms with Crippen LogP contribution in [0.5, 0.6) is 0 Å². The summed E-state index contributed by atoms with van der Waals surface area (Å²) in [5, 5.41) is 0. The van der Waals surface area contributed by atoms with Crippen molar-refractivity contribution in [1.82, 2.24) is 0 Å². The molecule has 1 aliphatic carbocycles. The quantitative estimate of drug-likeness (QED) is 0.165. The Morgan fingerprint density at radius 1 is 0.491 bits per heavy atom. The van der Waals surface area contributed by atoms with Gasteiger partial charge < -0.3 is 19.6 Å². The van der Waals surface area contributed by atoms with Gasteiger partial charge in [0.2, 0.25) is 0 Å². The molecule has 0 amide bonds. The molecule has 0 bridgehead atoms. The Morgan fingerprint density at radius 3 is 1.62 bits per heavy atom. The van der Waals surface area contributed by atoms with Crippen LogP contribution in [0.15, 0.2) is 170 Å². The molecule has 0 spiro atoms. The third kappa shape index (κ3) is 4.47. The van der Waals surface area contributed by atoms with E-state index in [1.54, 1.807) is 0 Å². The zero-order valence-electron chi connectivity index (χ0n) is 31.7. The van der Waals surface area contributed by atoms with Crippen molar-refractivity contribution < 1.29 is 0 Å². The van der Waals surface area contributed by atoms with E-state index in [2.05, 4.69) is 210 Å². The number of anilines is 10. The van der Waals surface area contributed by atoms with Gasteiger partial charge in [-0.05, 0) is 115 Å². The molecular weight excluding hydrogens is 667 g/mol. The fourth-order valence-corrected chi connectivity index (χ4v) is 10.7. The lowest BCUT2D eigenvalue weighted by Crippen LogP contribution is -2.61. The molecule has 55 heavy (non-hydrogen) atoms. The SMILES string of the molecule is CN1c2cc3c(cc2C2(C)CCCC12C)B1c2ccccc2N(c2ccccc2)c2cc(N(c4ccccc4)c4ccccc4)cc(c21)N3c1ccccc1. The summed E-state index contributed by atoms with van der Waals surface area (Å²) < 4.78 is 0. The zero-order valence-corrected chi connectivity index (χ0v) is 31.7. The van der Waals surface area contributed by atoms with Gasteiger partial charge in [-0.15, -0.1) is 0 Å². The Hall–Kier alpha value is -6.20. The molecule has 2 atom stereocenters. The van der Waals surface area contributed by atoms with E-state index in [1.165, 1.54) is 69.7 Å². The molecule has 0 N–H and O–H groups in total. The number of rotatable bonds is 5. The molecule has 3 aliphatic heterocycles. The van der Waals surface area contributed by atoms with E-state index >= 15 is 0 Å². The summed E-state index contributed by atoms with van der Waals surface area (Å²) >= 11 is 0. The van der Waals surface area contributed by atoms with Gasteiger partial charge in [-0.3, -0.25) is 0 Å². The fourth-order valence-electron chi connectivity index (χ4n) is 10.7. The van der Waals surface area contributed by atoms with Crippen molar-refractivity contribution in [3.8, 4) is 0 Å². The first-order chi connectivity index (χ1) is 27.0. The first-order valence-corrected chi connectivity index (χ1v) is 19.8. The van der Waals surface area contributed by atoms with Crippen LogP contribution < -0.4 is 36.0 Å². The molecule has 1 fully saturated rings. The molecule has 7 aromatic carbocycles. The molecule has 4 aliphatic rings. The summed E-state index contributed by atoms with van der Waals surface area (Å²) in [6.07, 6.45) is 3.69. The van der Waals surface area contributed by atoms with Gasteiger partial charge in [0.05, 0.1) is 5.69 Å². The van der Waals surface area contributed by atoms with E-state index in [-0.39, 0.29) is 17.7 Å². The van der Waals surface area contributed by atoms with Crippen molar-refractivity contribution in [3.05, 3.63) is 175 Å². The second-order valence-corrected chi connectivity index (χ2v) is 16.2. The highest BCUT2D eigenvalue weighted by molar-refractivity contribution is 7.00. The lowest BCUT2D eigenvalue weighted by Gasteiger charge is -2.45. The predicted octanol–water partition coefficient (Wildman–Crippen LogP) is 10.9. The molecule has 11 rings (SSSR count). The standard InChI is InChI=1S/C50H43BN4/c1-49-29-18-30-50(49,2)52(3)44-34-45-42(33-40(44)49)51-41-27-16-17-28-43(41)54(37-23-12-6-13-24-37)46-31-39(32-47(48(46)51)55(45)38-25-14-7-15-26-38)53(35-19-8-4-9-20-35)36-21-10-5-11-22-36/h4-17,19-28,31-34H,18,29-30H2,1-3H3. The van der Waals surface area contributed by atoms with Crippen LogP contribution in [-0.4, -0.2) is 19.3 Å². The van der Waals surface area contributed by atoms with Gasteiger partial charge in [-0.2, -0.15) is 0 Å². The first-order valence-electron chi connectivity index (χ1n) is 19.8. The third-order valence-electron chi connectivity index (χ3n) is 13.6. The van der Waals surface area contributed by atoms with Gasteiger partial charge in [-0.25, -0.2) is 0 Å². The average molecular weight is 711 g/mol. The van der Waals surface area contributed by atoms with Gasteiger partial charge in [-0.1, -0.05) is 110 Å². The summed E-state index contributed by atoms with van der Waals surface area (Å²) in [4.78, 5) is 10.1. The van der Waals surface area contributed by atoms with Crippen LogP contribution in [0, 0.1) is 0 Å². The highest BCUT2D eigenvalue weighted by Crippen LogP contribution is 2.60. The van der Waals surface area contributed by atoms with Crippen molar-refractivity contribution >= 4 is 80.0 Å². The Labute approximate surface area is 325 Å². The number of likely N-dealkylation sites (N-methyl/N-ethyl adjacent to an activating group) is 1. The summed E-state index contributed by atoms with van der Waals surface area (Å²) in [5.74, 6) is 0. The molecule has 266 valence electrons. The fraction of sp³-hybridized carbons (Fsp3) is 0.160. The summed E-state index contributed by atoms with van der Waals surface area (Å²) in [7, 11) is 2.34. The van der Waals surface area contributed by atoms with Crippen LogP contribution in [-0.2, 0) is 5.41 Å². The molecule has 2 unspecified atom stereocenters. The van der Waals surface area contributed by atoms with E-state index in [1.807, 2.05) is 0 Å². The maximum atomic E-state index is 2.63. The minimum absolute atomic E-state index is 0.0551. The van der Waals surface area contributed by atoms with Crippen LogP contribution in [0.1, 0.15) is 38.7 Å². The average Bonchev–Trinajstić information content (AvgIpc) is 3.63. The number of para-hydroxylation sites is 5. The zero-order chi connectivity index (χ0) is 36.9. The third-order valence-corrected chi connectivity index (χ3v) is 13.6. The van der Waals surface area contributed by atoms with Crippen LogP contribution in [0.4, 0.5) is 56.9 Å². The summed E-state index contributed by atoms with van der Waals surface area (Å²) in [5.41, 5.74) is 17.7. The predicted molar refractivity (Wildman–Crippen MR) is 233 cm³/mol. The molecular formula is C50H43BN4. The van der Waals surface area contributed by atoms with E-state index in [0.717, 1.165) is 28.4 Å². The maximum absolute atomic E-state index is 2.63. The molecule has 1 saturated carbocycles. The highest BCUT2D eigenvalue weighted by Gasteiger charge is 2.58. The maximum Gasteiger partial charge on any atom is 0.252 e. The normalized spacial score (nSPS) is 20.1. The van der Waals surface area contributed by atoms with E-state index in [4.69, 9.17) is 0 Å². The van der Waals surface area contributed by atoms with Crippen molar-refractivity contribution in [3.63, 3.8) is 0 Å². The lowest BCUT2D eigenvalue weighted by atomic mass is 9.33. The Balaban J connectivity index is 1.27. The Morgan fingerprint density at radius 2 is 1.02 bits per heavy atom. The lowest BCUT2D eigenvalue weighted by molar-refractivity contribution is 0.322. The van der Waals surface area contributed by atoms with Gasteiger partial charge in [0.1, 0.15) is 0 Å². The second-order valence-electron chi connectivity index (χ2n) is 16.2. The van der Waals surface area contributed by atoms with Crippen LogP contribution in [0.3, 0.4) is 0 Å². The van der Waals surface area contributed by atoms with Crippen LogP contribution in [0.25, 0.3) is 0 Å². The minimum atomic E-state index is 0.0551. The van der Waals surface area contributed by atoms with Crippen molar-refractivity contribution in [2.75, 3.05) is 26.6 Å². The molecule has 0 radical (unpaired) electrons. The minimum Gasteiger partial charge on any atom is -0.368 e. The van der Waals surface area contributed by atoms with Crippen molar-refractivity contribution in [1.29, 1.82) is 0 Å². The van der Waals surface area contributed by atoms with E-state index in [0.29, 0.717) is 0 Å². The number of hydrogen-bond acceptors (Lipinski definition) is 4. The molecule has 0 saturated heterocycles. The topological polar surface area (TPSA) is 13.0 Å². The van der Waals surface area contributed by atoms with Crippen LogP contribution >= 0.6 is 0 Å². The first kappa shape index (κ1) is 32.3. The number of benzene rings is 7. The van der Waals surface area contributed by atoms with Gasteiger partial charge in [0, 0.05) is 69.2 Å². The smallest absolute Gasteiger partial charge is 0.252 e. The molecule has 3 heterocycles. The molecule has 4 nitrogen and oxygen atoms in total. The van der Waals surface area contributed by atoms with E-state index in [9.17, 15) is 0 Å². The molecule has 0 aromatic heterocycles. The Bertz CT molecular complexity index is 2560. The van der Waals surface area contributed by atoms with Gasteiger partial charge >= 0.3 is 0 Å². The number of hydrogen-bond donors (Lipinski definition) is 0. The second kappa shape index (κ2) is 11.9. The molecule has 5 heteroatoms. The van der Waals surface area contributed by atoms with E-state index < -0.39 is 0 Å². The monoisotopic (exact) mass is 710 g/mol. The largest absolute Gasteiger partial charge is 0.368 e.